The molecule has 1 aliphatic heterocycles. The molecule has 0 bridgehead atoms. The molecule has 0 radical (unpaired) electrons. The van der Waals surface area contributed by atoms with Gasteiger partial charge in [0, 0.05) is 17.7 Å². The number of nitrogen functional groups attached to an aromatic ring is 1. The molecular weight excluding hydrogens is 304 g/mol. The molecule has 0 saturated heterocycles. The summed E-state index contributed by atoms with van der Waals surface area (Å²) in [6.07, 6.45) is -0.613. The predicted molar refractivity (Wildman–Crippen MR) is 92.5 cm³/mol. The lowest BCUT2D eigenvalue weighted by Crippen LogP contribution is -2.42. The topological polar surface area (TPSA) is 84.6 Å². The maximum Gasteiger partial charge on any atom is 0.253 e. The van der Waals surface area contributed by atoms with Gasteiger partial charge >= 0.3 is 0 Å². The molecule has 2 atom stereocenters. The zero-order valence-corrected chi connectivity index (χ0v) is 13.8. The second-order valence-corrected chi connectivity index (χ2v) is 6.74. The van der Waals surface area contributed by atoms with Crippen LogP contribution in [0.2, 0.25) is 0 Å². The van der Waals surface area contributed by atoms with Gasteiger partial charge in [-0.15, -0.1) is 0 Å². The molecule has 1 heterocycles. The summed E-state index contributed by atoms with van der Waals surface area (Å²) in [4.78, 5) is 12.5. The number of amides is 1. The van der Waals surface area contributed by atoms with E-state index in [1.807, 2.05) is 32.0 Å². The Bertz CT molecular complexity index is 744. The van der Waals surface area contributed by atoms with Crippen molar-refractivity contribution in [1.29, 1.82) is 0 Å². The van der Waals surface area contributed by atoms with Gasteiger partial charge in [0.05, 0.1) is 6.04 Å². The van der Waals surface area contributed by atoms with Crippen molar-refractivity contribution < 1.29 is 14.6 Å². The van der Waals surface area contributed by atoms with Gasteiger partial charge in [0.15, 0.2) is 6.10 Å². The first kappa shape index (κ1) is 16.3. The van der Waals surface area contributed by atoms with Gasteiger partial charge in [0.2, 0.25) is 0 Å². The van der Waals surface area contributed by atoms with Crippen molar-refractivity contribution in [3.63, 3.8) is 0 Å². The van der Waals surface area contributed by atoms with Crippen LogP contribution in [0.3, 0.4) is 0 Å². The van der Waals surface area contributed by atoms with Gasteiger partial charge in [-0.1, -0.05) is 30.3 Å². The largest absolute Gasteiger partial charge is 0.487 e. The first-order valence-corrected chi connectivity index (χ1v) is 7.97. The normalized spacial score (nSPS) is 19.7. The molecule has 4 N–H and O–H groups in total. The van der Waals surface area contributed by atoms with E-state index in [-0.39, 0.29) is 6.04 Å². The molecule has 1 aliphatic rings. The van der Waals surface area contributed by atoms with Gasteiger partial charge in [-0.25, -0.2) is 0 Å². The quantitative estimate of drug-likeness (QED) is 0.757. The van der Waals surface area contributed by atoms with Crippen LogP contribution in [0.1, 0.15) is 43.5 Å². The highest BCUT2D eigenvalue weighted by molar-refractivity contribution is 5.82. The van der Waals surface area contributed by atoms with Crippen LogP contribution < -0.4 is 15.8 Å². The van der Waals surface area contributed by atoms with Crippen molar-refractivity contribution in [2.45, 2.75) is 38.0 Å². The monoisotopic (exact) mass is 326 g/mol. The van der Waals surface area contributed by atoms with Crippen LogP contribution in [0.25, 0.3) is 0 Å². The summed E-state index contributed by atoms with van der Waals surface area (Å²) in [7, 11) is 0. The Balaban J connectivity index is 1.84. The Kier molecular flexibility index (Phi) is 4.20. The molecule has 1 amide bonds. The highest BCUT2D eigenvalue weighted by atomic mass is 16.5. The number of nitrogens with two attached hydrogens (primary N) is 1. The number of ether oxygens (including phenoxy) is 1. The van der Waals surface area contributed by atoms with E-state index >= 15 is 0 Å². The summed E-state index contributed by atoms with van der Waals surface area (Å²) in [5.41, 5.74) is 7.47. The minimum absolute atomic E-state index is 0.266. The second-order valence-electron chi connectivity index (χ2n) is 6.74. The fourth-order valence-corrected chi connectivity index (χ4v) is 3.04. The number of rotatable bonds is 3. The zero-order chi connectivity index (χ0) is 17.3. The van der Waals surface area contributed by atoms with Crippen molar-refractivity contribution in [2.75, 3.05) is 5.73 Å². The number of aliphatic hydroxyl groups is 1. The van der Waals surface area contributed by atoms with E-state index in [0.29, 0.717) is 23.4 Å². The maximum atomic E-state index is 12.5. The third-order valence-electron chi connectivity index (χ3n) is 4.17. The van der Waals surface area contributed by atoms with Gasteiger partial charge in [0.25, 0.3) is 5.91 Å². The molecule has 2 aromatic rings. The number of fused-ring (bicyclic) bond motifs is 1. The summed E-state index contributed by atoms with van der Waals surface area (Å²) < 4.78 is 5.96. The lowest BCUT2D eigenvalue weighted by atomic mass is 9.89. The molecule has 126 valence electrons. The van der Waals surface area contributed by atoms with Crippen molar-refractivity contribution in [3.8, 4) is 5.75 Å². The number of benzene rings is 2. The summed E-state index contributed by atoms with van der Waals surface area (Å²) in [5, 5.41) is 13.2. The highest BCUT2D eigenvalue weighted by Gasteiger charge is 2.35. The number of aliphatic hydroxyl groups excluding tert-OH is 1. The fraction of sp³-hybridized carbons (Fsp3) is 0.316. The molecule has 0 aliphatic carbocycles. The third-order valence-corrected chi connectivity index (χ3v) is 4.17. The Labute approximate surface area is 141 Å². The number of hydrogen-bond donors (Lipinski definition) is 3. The minimum Gasteiger partial charge on any atom is -0.487 e. The Hall–Kier alpha value is -2.53. The average molecular weight is 326 g/mol. The molecule has 5 nitrogen and oxygen atoms in total. The summed E-state index contributed by atoms with van der Waals surface area (Å²) in [6.45, 7) is 3.94. The van der Waals surface area contributed by atoms with Crippen molar-refractivity contribution in [2.24, 2.45) is 0 Å². The van der Waals surface area contributed by atoms with Crippen molar-refractivity contribution in [1.82, 2.24) is 5.32 Å². The molecule has 0 aromatic heterocycles. The molecule has 2 aromatic carbocycles. The van der Waals surface area contributed by atoms with E-state index in [2.05, 4.69) is 5.32 Å². The first-order chi connectivity index (χ1) is 11.4. The molecule has 5 heteroatoms. The molecule has 2 unspecified atom stereocenters. The van der Waals surface area contributed by atoms with E-state index in [0.717, 1.165) is 5.56 Å². The van der Waals surface area contributed by atoms with Crippen molar-refractivity contribution >= 4 is 11.6 Å². The Morgan fingerprint density at radius 2 is 2.00 bits per heavy atom. The second kappa shape index (κ2) is 6.17. The van der Waals surface area contributed by atoms with Crippen LogP contribution in [0.15, 0.2) is 48.5 Å². The SMILES string of the molecule is CC1(C)CC(NC(=O)C(O)c2ccccc2)c2cc(N)ccc2O1. The standard InChI is InChI=1S/C19H22N2O3/c1-19(2)11-15(14-10-13(20)8-9-16(14)24-19)21-18(23)17(22)12-6-4-3-5-7-12/h3-10,15,17,22H,11,20H2,1-2H3,(H,21,23). The van der Waals surface area contributed by atoms with Crippen LogP contribution in [0.5, 0.6) is 5.75 Å². The van der Waals surface area contributed by atoms with E-state index in [9.17, 15) is 9.90 Å². The zero-order valence-electron chi connectivity index (χ0n) is 13.8. The van der Waals surface area contributed by atoms with Crippen LogP contribution in [-0.4, -0.2) is 16.6 Å². The Morgan fingerprint density at radius 3 is 2.71 bits per heavy atom. The lowest BCUT2D eigenvalue weighted by molar-refractivity contribution is -0.131. The summed E-state index contributed by atoms with van der Waals surface area (Å²) in [6, 6.07) is 14.0. The van der Waals surface area contributed by atoms with E-state index < -0.39 is 17.6 Å². The number of anilines is 1. The number of nitrogens with one attached hydrogen (secondary N) is 1. The van der Waals surface area contributed by atoms with Crippen molar-refractivity contribution in [3.05, 3.63) is 59.7 Å². The highest BCUT2D eigenvalue weighted by Crippen LogP contribution is 2.40. The van der Waals surface area contributed by atoms with Gasteiger partial charge in [0.1, 0.15) is 11.4 Å². The molecule has 24 heavy (non-hydrogen) atoms. The van der Waals surface area contributed by atoms with E-state index in [1.165, 1.54) is 0 Å². The van der Waals surface area contributed by atoms with Gasteiger partial charge in [-0.05, 0) is 37.6 Å². The number of carbonyl (C=O) groups excluding carboxylic acids is 1. The lowest BCUT2D eigenvalue weighted by Gasteiger charge is -2.38. The van der Waals surface area contributed by atoms with Gasteiger partial charge < -0.3 is 20.9 Å². The van der Waals surface area contributed by atoms with Crippen LogP contribution in [0.4, 0.5) is 5.69 Å². The number of hydrogen-bond acceptors (Lipinski definition) is 4. The Morgan fingerprint density at radius 1 is 1.29 bits per heavy atom. The molecule has 0 saturated carbocycles. The summed E-state index contributed by atoms with van der Waals surface area (Å²) >= 11 is 0. The average Bonchev–Trinajstić information content (AvgIpc) is 2.55. The predicted octanol–water partition coefficient (Wildman–Crippen LogP) is 2.72. The number of carbonyl (C=O) groups is 1. The molecule has 0 spiro atoms. The maximum absolute atomic E-state index is 12.5. The van der Waals surface area contributed by atoms with Crippen LogP contribution >= 0.6 is 0 Å². The van der Waals surface area contributed by atoms with Gasteiger partial charge in [-0.2, -0.15) is 0 Å². The third kappa shape index (κ3) is 3.36. The van der Waals surface area contributed by atoms with E-state index in [1.54, 1.807) is 30.3 Å². The molecular formula is C19H22N2O3. The smallest absolute Gasteiger partial charge is 0.253 e. The van der Waals surface area contributed by atoms with Crippen LogP contribution in [0, 0.1) is 0 Å². The fourth-order valence-electron chi connectivity index (χ4n) is 3.04. The first-order valence-electron chi connectivity index (χ1n) is 7.97. The minimum atomic E-state index is -1.21. The summed E-state index contributed by atoms with van der Waals surface area (Å²) in [5.74, 6) is 0.275. The molecule has 3 rings (SSSR count). The van der Waals surface area contributed by atoms with Gasteiger partial charge in [-0.3, -0.25) is 4.79 Å². The molecule has 0 fully saturated rings. The van der Waals surface area contributed by atoms with E-state index in [4.69, 9.17) is 10.5 Å². The van der Waals surface area contributed by atoms with Crippen LogP contribution in [-0.2, 0) is 4.79 Å².